The van der Waals surface area contributed by atoms with Crippen molar-refractivity contribution in [3.8, 4) is 17.4 Å². The minimum atomic E-state index is -1.53. The van der Waals surface area contributed by atoms with Gasteiger partial charge in [-0.1, -0.05) is 30.3 Å². The zero-order valence-corrected chi connectivity index (χ0v) is 20.6. The highest BCUT2D eigenvalue weighted by molar-refractivity contribution is 6.10. The van der Waals surface area contributed by atoms with E-state index in [0.717, 1.165) is 26.1 Å². The molecule has 4 rings (SSSR count). The number of carboxylic acid groups (broad SMARTS) is 1. The predicted octanol–water partition coefficient (Wildman–Crippen LogP) is 4.22. The molecule has 2 heterocycles. The minimum absolute atomic E-state index is 0.0302. The number of rotatable bonds is 10. The largest absolute Gasteiger partial charge is 0.497 e. The van der Waals surface area contributed by atoms with Crippen molar-refractivity contribution in [3.05, 3.63) is 83.6 Å². The predicted molar refractivity (Wildman–Crippen MR) is 134 cm³/mol. The van der Waals surface area contributed by atoms with E-state index in [1.165, 1.54) is 38.8 Å². The summed E-state index contributed by atoms with van der Waals surface area (Å²) < 4.78 is 17.0. The number of carbonyl (C=O) groups excluding carboxylic acids is 1. The molecule has 0 spiro atoms. The number of ketones is 1. The molecule has 0 aliphatic carbocycles. The van der Waals surface area contributed by atoms with Crippen molar-refractivity contribution < 1.29 is 28.9 Å². The lowest BCUT2D eigenvalue weighted by atomic mass is 10.0. The third-order valence-corrected chi connectivity index (χ3v) is 6.08. The Morgan fingerprint density at radius 3 is 2.56 bits per heavy atom. The van der Waals surface area contributed by atoms with E-state index in [0.29, 0.717) is 17.2 Å². The van der Waals surface area contributed by atoms with Crippen molar-refractivity contribution in [2.24, 2.45) is 0 Å². The molecule has 0 radical (unpaired) electrons. The van der Waals surface area contributed by atoms with Crippen LogP contribution in [0.25, 0.3) is 0 Å². The van der Waals surface area contributed by atoms with Crippen molar-refractivity contribution in [2.75, 3.05) is 20.2 Å². The Hall–Kier alpha value is -3.91. The molecule has 1 atom stereocenters. The number of aliphatic carboxylic acids is 1. The summed E-state index contributed by atoms with van der Waals surface area (Å²) in [4.78, 5) is 31.5. The molecule has 0 amide bonds. The molecule has 36 heavy (non-hydrogen) atoms. The van der Waals surface area contributed by atoms with Crippen LogP contribution in [-0.2, 0) is 11.3 Å². The summed E-state index contributed by atoms with van der Waals surface area (Å²) in [5, 5.41) is 9.45. The zero-order chi connectivity index (χ0) is 25.7. The van der Waals surface area contributed by atoms with E-state index < -0.39 is 11.6 Å². The maximum atomic E-state index is 13.2. The number of pyridine rings is 1. The third kappa shape index (κ3) is 6.01. The normalized spacial score (nSPS) is 15.9. The van der Waals surface area contributed by atoms with Crippen LogP contribution in [-0.4, -0.2) is 58.6 Å². The van der Waals surface area contributed by atoms with E-state index in [-0.39, 0.29) is 23.2 Å². The number of ether oxygens (including phenoxy) is 3. The van der Waals surface area contributed by atoms with E-state index in [1.54, 1.807) is 24.3 Å². The summed E-state index contributed by atoms with van der Waals surface area (Å²) in [6, 6.07) is 18.3. The van der Waals surface area contributed by atoms with Gasteiger partial charge in [0.1, 0.15) is 17.6 Å². The number of benzene rings is 2. The van der Waals surface area contributed by atoms with Gasteiger partial charge in [0.25, 0.3) is 0 Å². The van der Waals surface area contributed by atoms with Crippen LogP contribution in [0.5, 0.6) is 17.4 Å². The number of nitrogens with zero attached hydrogens (tertiary/aromatic N) is 2. The molecule has 1 aliphatic rings. The van der Waals surface area contributed by atoms with Crippen LogP contribution in [0.4, 0.5) is 0 Å². The average Bonchev–Trinajstić information content (AvgIpc) is 3.30. The minimum Gasteiger partial charge on any atom is -0.497 e. The van der Waals surface area contributed by atoms with Crippen LogP contribution < -0.4 is 14.2 Å². The van der Waals surface area contributed by atoms with E-state index >= 15 is 0 Å². The fourth-order valence-electron chi connectivity index (χ4n) is 4.01. The number of carbonyl (C=O) groups is 2. The molecule has 1 unspecified atom stereocenters. The summed E-state index contributed by atoms with van der Waals surface area (Å²) in [5.74, 6) is -0.473. The van der Waals surface area contributed by atoms with Crippen LogP contribution in [0.3, 0.4) is 0 Å². The van der Waals surface area contributed by atoms with Gasteiger partial charge in [-0.3, -0.25) is 9.69 Å². The Morgan fingerprint density at radius 1 is 1.11 bits per heavy atom. The van der Waals surface area contributed by atoms with Crippen molar-refractivity contribution in [2.45, 2.75) is 38.5 Å². The van der Waals surface area contributed by atoms with Crippen molar-refractivity contribution >= 4 is 11.8 Å². The number of hydrogen-bond acceptors (Lipinski definition) is 7. The fourth-order valence-corrected chi connectivity index (χ4v) is 4.01. The summed E-state index contributed by atoms with van der Waals surface area (Å²) in [7, 11) is 1.48. The molecule has 0 saturated carbocycles. The molecule has 1 aromatic heterocycles. The van der Waals surface area contributed by atoms with Gasteiger partial charge in [-0.2, -0.15) is 0 Å². The van der Waals surface area contributed by atoms with Crippen molar-refractivity contribution in [3.63, 3.8) is 0 Å². The number of methoxy groups -OCH3 is 1. The van der Waals surface area contributed by atoms with E-state index in [4.69, 9.17) is 14.2 Å². The molecular weight excluding hydrogens is 460 g/mol. The molecule has 188 valence electrons. The number of hydrogen-bond donors (Lipinski definition) is 1. The molecule has 1 N–H and O–H groups in total. The number of aromatic nitrogens is 1. The molecule has 1 aliphatic heterocycles. The smallest absolute Gasteiger partial charge is 0.347 e. The van der Waals surface area contributed by atoms with E-state index in [2.05, 4.69) is 22.0 Å². The maximum absolute atomic E-state index is 13.2. The molecule has 1 fully saturated rings. The highest BCUT2D eigenvalue weighted by atomic mass is 16.5. The van der Waals surface area contributed by atoms with E-state index in [9.17, 15) is 14.7 Å². The monoisotopic (exact) mass is 490 g/mol. The number of likely N-dealkylation sites (tertiary alicyclic amines) is 1. The van der Waals surface area contributed by atoms with Gasteiger partial charge < -0.3 is 19.3 Å². The van der Waals surface area contributed by atoms with Crippen LogP contribution in [0.15, 0.2) is 66.9 Å². The molecule has 3 aromatic rings. The Balaban J connectivity index is 1.43. The first-order valence-corrected chi connectivity index (χ1v) is 11.8. The van der Waals surface area contributed by atoms with E-state index in [1.807, 2.05) is 18.2 Å². The Morgan fingerprint density at radius 2 is 1.89 bits per heavy atom. The first kappa shape index (κ1) is 25.2. The van der Waals surface area contributed by atoms with Gasteiger partial charge in [-0.15, -0.1) is 0 Å². The van der Waals surface area contributed by atoms with Crippen molar-refractivity contribution in [1.29, 1.82) is 0 Å². The van der Waals surface area contributed by atoms with Crippen LogP contribution in [0.2, 0.25) is 0 Å². The van der Waals surface area contributed by atoms with Crippen molar-refractivity contribution in [1.82, 2.24) is 9.88 Å². The van der Waals surface area contributed by atoms with Gasteiger partial charge in [0, 0.05) is 43.5 Å². The molecule has 2 aromatic carbocycles. The van der Waals surface area contributed by atoms with Gasteiger partial charge in [0.05, 0.1) is 12.7 Å². The standard InChI is InChI=1S/C28H30N2O6/c1-28(2,27(32)33)36-24-15-21(34-3)10-11-23(24)26(31)20-9-12-25(29-16-20)35-22-13-14-30(18-22)17-19-7-5-4-6-8-19/h4-12,15-16,22H,13-14,17-18H2,1-3H3,(H,32,33). The molecule has 8 heteroatoms. The first-order chi connectivity index (χ1) is 17.2. The van der Waals surface area contributed by atoms with Gasteiger partial charge in [-0.05, 0) is 44.0 Å². The van der Waals surface area contributed by atoms with Gasteiger partial charge in [0.15, 0.2) is 11.4 Å². The van der Waals surface area contributed by atoms with Gasteiger partial charge >= 0.3 is 5.97 Å². The Kier molecular flexibility index (Phi) is 7.55. The lowest BCUT2D eigenvalue weighted by molar-refractivity contribution is -0.152. The quantitative estimate of drug-likeness (QED) is 0.422. The molecular formula is C28H30N2O6. The summed E-state index contributed by atoms with van der Waals surface area (Å²) >= 11 is 0. The maximum Gasteiger partial charge on any atom is 0.347 e. The molecule has 1 saturated heterocycles. The number of carboxylic acids is 1. The van der Waals surface area contributed by atoms with Crippen LogP contribution >= 0.6 is 0 Å². The highest BCUT2D eigenvalue weighted by Crippen LogP contribution is 2.30. The average molecular weight is 491 g/mol. The highest BCUT2D eigenvalue weighted by Gasteiger charge is 2.31. The molecule has 8 nitrogen and oxygen atoms in total. The zero-order valence-electron chi connectivity index (χ0n) is 20.6. The lowest BCUT2D eigenvalue weighted by Crippen LogP contribution is -2.38. The van der Waals surface area contributed by atoms with Gasteiger partial charge in [-0.25, -0.2) is 9.78 Å². The van der Waals surface area contributed by atoms with Crippen LogP contribution in [0, 0.1) is 0 Å². The topological polar surface area (TPSA) is 98.2 Å². The van der Waals surface area contributed by atoms with Crippen LogP contribution in [0.1, 0.15) is 41.8 Å². The second kappa shape index (κ2) is 10.8. The SMILES string of the molecule is COc1ccc(C(=O)c2ccc(OC3CCN(Cc4ccccc4)C3)nc2)c(OC(C)(C)C(=O)O)c1. The first-order valence-electron chi connectivity index (χ1n) is 11.8. The second-order valence-corrected chi connectivity index (χ2v) is 9.24. The van der Waals surface area contributed by atoms with Gasteiger partial charge in [0.2, 0.25) is 5.88 Å². The Labute approximate surface area is 210 Å². The third-order valence-electron chi connectivity index (χ3n) is 6.08. The summed E-state index contributed by atoms with van der Waals surface area (Å²) in [6.45, 7) is 5.47. The lowest BCUT2D eigenvalue weighted by Gasteiger charge is -2.23. The Bertz CT molecular complexity index is 1210. The summed E-state index contributed by atoms with van der Waals surface area (Å²) in [5.41, 5.74) is 0.288. The summed E-state index contributed by atoms with van der Waals surface area (Å²) in [6.07, 6.45) is 2.40. The fraction of sp³-hybridized carbons (Fsp3) is 0.321. The second-order valence-electron chi connectivity index (χ2n) is 9.24. The molecule has 0 bridgehead atoms.